The summed E-state index contributed by atoms with van der Waals surface area (Å²) in [6, 6.07) is 5.74. The van der Waals surface area contributed by atoms with Gasteiger partial charge in [0.2, 0.25) is 0 Å². The van der Waals surface area contributed by atoms with Crippen LogP contribution in [0.2, 0.25) is 0 Å². The molecule has 68 heavy (non-hydrogen) atoms. The lowest BCUT2D eigenvalue weighted by Gasteiger charge is -2.49. The third kappa shape index (κ3) is 7.70. The molecule has 0 saturated heterocycles. The number of nitrogens with one attached hydrogen (secondary N) is 2. The van der Waals surface area contributed by atoms with Crippen LogP contribution in [0.3, 0.4) is 0 Å². The highest BCUT2D eigenvalue weighted by atomic mass is 33.1. The Kier molecular flexibility index (Phi) is 11.9. The summed E-state index contributed by atoms with van der Waals surface area (Å²) in [5.74, 6) is 12.5. The van der Waals surface area contributed by atoms with Crippen molar-refractivity contribution in [2.75, 3.05) is 18.8 Å². The fraction of sp³-hybridized carbons (Fsp3) is 0.564. The van der Waals surface area contributed by atoms with E-state index < -0.39 is 41.8 Å². The molecular formula is C55H63N4O7S2+. The molecule has 4 aliphatic carbocycles. The molecule has 11 unspecified atom stereocenters. The SMILES string of the molecule is NC1NCC23CCC4C5=CN=C6C[NH+](C=C56)C5Oc6c(cc(O)c(CCC(=O)CC(O)C7C=CC(C8CCCCC8)CC7O)c6CSSC2)OC#CC2(CCCC2)C5C#CC(O)c2ccc1c3c24. The first-order valence-corrected chi connectivity index (χ1v) is 27.8. The number of nitrogens with zero attached hydrogens (tertiary/aromatic N) is 1. The number of ketones is 1. The number of ether oxygens (including phenoxy) is 2. The minimum Gasteiger partial charge on any atom is -0.508 e. The number of aromatic hydroxyl groups is 1. The maximum absolute atomic E-state index is 13.9. The molecule has 0 amide bonds. The predicted molar refractivity (Wildman–Crippen MR) is 264 cm³/mol. The van der Waals surface area contributed by atoms with Crippen LogP contribution in [0, 0.1) is 53.0 Å². The summed E-state index contributed by atoms with van der Waals surface area (Å²) >= 11 is 0. The van der Waals surface area contributed by atoms with Gasteiger partial charge in [0.1, 0.15) is 48.1 Å². The van der Waals surface area contributed by atoms with Gasteiger partial charge in [-0.15, -0.1) is 0 Å². The van der Waals surface area contributed by atoms with E-state index in [-0.39, 0.29) is 48.3 Å². The van der Waals surface area contributed by atoms with Crippen LogP contribution in [-0.2, 0) is 22.4 Å². The van der Waals surface area contributed by atoms with E-state index in [1.165, 1.54) is 43.2 Å². The third-order valence-corrected chi connectivity index (χ3v) is 20.1. The number of aliphatic imine (C=N–C) groups is 1. The molecule has 0 radical (unpaired) electrons. The van der Waals surface area contributed by atoms with E-state index in [1.807, 2.05) is 6.08 Å². The number of phenols is 1. The number of carbonyl (C=O) groups excluding carboxylic acids is 1. The smallest absolute Gasteiger partial charge is 0.252 e. The minimum absolute atomic E-state index is 0.0000699. The van der Waals surface area contributed by atoms with Crippen molar-refractivity contribution in [3.63, 3.8) is 0 Å². The average Bonchev–Trinajstić information content (AvgIpc) is 4.10. The molecule has 12 aliphatic rings. The fourth-order valence-electron chi connectivity index (χ4n) is 14.0. The third-order valence-electron chi connectivity index (χ3n) is 17.7. The minimum atomic E-state index is -1.07. The molecule has 13 heteroatoms. The number of phenolic OH excluding ortho intramolecular Hbond substituents is 1. The van der Waals surface area contributed by atoms with E-state index in [9.17, 15) is 25.2 Å². The first kappa shape index (κ1) is 45.1. The molecule has 8 aliphatic heterocycles. The van der Waals surface area contributed by atoms with E-state index in [2.05, 4.69) is 59.8 Å². The van der Waals surface area contributed by atoms with Gasteiger partial charge in [-0.05, 0) is 91.0 Å². The Labute approximate surface area is 407 Å². The van der Waals surface area contributed by atoms with Crippen LogP contribution >= 0.6 is 21.6 Å². The number of aliphatic hydroxyl groups excluding tert-OH is 3. The highest BCUT2D eigenvalue weighted by molar-refractivity contribution is 8.76. The van der Waals surface area contributed by atoms with Crippen LogP contribution in [-0.4, -0.2) is 69.2 Å². The standard InChI is InChI=1S/C55H62N4O7S2/c56-52-38-13-12-37-44(61)15-14-42-53-59-26-40-39(25-57-43(40)27-59)35-16-19-55(29-58-52,50(38)49(35)37)30-68-67-28-41-34(47(64)24-48(51(41)66-53)65-21-20-54(42)17-4-5-18-54)11-9-33(60)23-46(63)36-10-8-32(22-45(36)62)31-6-2-1-3-7-31/h8,10,12-13,24-26,31-32,35-36,42,44-46,52-53,58,61-64H,1-7,9,11,16-19,22-23,27-30,56H2/p+1. The molecule has 2 saturated carbocycles. The Bertz CT molecular complexity index is 2660. The summed E-state index contributed by atoms with van der Waals surface area (Å²) in [4.78, 5) is 20.1. The number of carbonyl (C=O) groups is 1. The summed E-state index contributed by atoms with van der Waals surface area (Å²) in [7, 11) is 3.47. The van der Waals surface area contributed by atoms with E-state index in [0.29, 0.717) is 54.2 Å². The Hall–Kier alpha value is -4.02. The van der Waals surface area contributed by atoms with E-state index in [4.69, 9.17) is 20.2 Å². The van der Waals surface area contributed by atoms with Gasteiger partial charge < -0.3 is 35.6 Å². The molecule has 10 bridgehead atoms. The molecule has 2 fully saturated rings. The van der Waals surface area contributed by atoms with Gasteiger partial charge in [-0.25, -0.2) is 0 Å². The van der Waals surface area contributed by atoms with Crippen LogP contribution in [0.25, 0.3) is 0 Å². The van der Waals surface area contributed by atoms with Crippen molar-refractivity contribution >= 4 is 33.1 Å². The first-order chi connectivity index (χ1) is 33.1. The molecule has 8 heterocycles. The van der Waals surface area contributed by atoms with Gasteiger partial charge in [-0.1, -0.05) is 95.7 Å². The maximum atomic E-state index is 13.9. The molecule has 11 nitrogen and oxygen atoms in total. The van der Waals surface area contributed by atoms with Gasteiger partial charge in [-0.3, -0.25) is 20.0 Å². The Morgan fingerprint density at radius 3 is 2.72 bits per heavy atom. The number of benzene rings is 2. The average molecular weight is 956 g/mol. The van der Waals surface area contributed by atoms with Crippen molar-refractivity contribution in [3.8, 4) is 41.1 Å². The van der Waals surface area contributed by atoms with Crippen molar-refractivity contribution in [2.45, 2.75) is 144 Å². The Morgan fingerprint density at radius 2 is 1.88 bits per heavy atom. The summed E-state index contributed by atoms with van der Waals surface area (Å²) in [5.41, 5.74) is 14.9. The molecule has 2 spiro atoms. The summed E-state index contributed by atoms with van der Waals surface area (Å²) in [6.07, 6.45) is 20.1. The van der Waals surface area contributed by atoms with Gasteiger partial charge in [0.25, 0.3) is 6.23 Å². The monoisotopic (exact) mass is 955 g/mol. The van der Waals surface area contributed by atoms with Gasteiger partial charge in [0, 0.05) is 71.5 Å². The number of allylic oxidation sites excluding steroid dienone is 2. The Morgan fingerprint density at radius 1 is 1.04 bits per heavy atom. The zero-order valence-electron chi connectivity index (χ0n) is 38.6. The maximum Gasteiger partial charge on any atom is 0.252 e. The van der Waals surface area contributed by atoms with Crippen LogP contribution in [0.4, 0.5) is 0 Å². The second-order valence-electron chi connectivity index (χ2n) is 21.5. The largest absolute Gasteiger partial charge is 0.508 e. The van der Waals surface area contributed by atoms with Crippen molar-refractivity contribution in [1.29, 1.82) is 0 Å². The highest BCUT2D eigenvalue weighted by Crippen LogP contribution is 2.56. The summed E-state index contributed by atoms with van der Waals surface area (Å²) < 4.78 is 13.9. The molecule has 2 aromatic carbocycles. The molecular weight excluding hydrogens is 893 g/mol. The van der Waals surface area contributed by atoms with Gasteiger partial charge >= 0.3 is 0 Å². The number of rotatable bonds is 7. The number of Topliss-reactive ketones (excluding diaryl/α,β-unsaturated/α-hetero) is 1. The lowest BCUT2D eigenvalue weighted by Crippen LogP contribution is -3.13. The number of quaternary nitrogens is 1. The van der Waals surface area contributed by atoms with Crippen molar-refractivity contribution in [3.05, 3.63) is 87.3 Å². The summed E-state index contributed by atoms with van der Waals surface area (Å²) in [5, 5.41) is 50.8. The van der Waals surface area contributed by atoms with Gasteiger partial charge in [0.05, 0.1) is 29.4 Å². The second-order valence-corrected chi connectivity index (χ2v) is 23.9. The van der Waals surface area contributed by atoms with E-state index in [0.717, 1.165) is 82.7 Å². The van der Waals surface area contributed by atoms with Crippen LogP contribution in [0.1, 0.15) is 141 Å². The quantitative estimate of drug-likeness (QED) is 0.0925. The number of hydrogen-bond acceptors (Lipinski definition) is 12. The number of nitrogens with two attached hydrogens (primary N) is 1. The lowest BCUT2D eigenvalue weighted by atomic mass is 9.61. The number of hydrogen-bond donors (Lipinski definition) is 7. The molecule has 14 rings (SSSR count). The summed E-state index contributed by atoms with van der Waals surface area (Å²) in [6.45, 7) is 1.27. The van der Waals surface area contributed by atoms with Crippen molar-refractivity contribution < 1.29 is 39.6 Å². The highest BCUT2D eigenvalue weighted by Gasteiger charge is 2.54. The number of fused-ring (bicyclic) bond motifs is 2. The van der Waals surface area contributed by atoms with Gasteiger partial charge in [-0.2, -0.15) is 0 Å². The van der Waals surface area contributed by atoms with E-state index in [1.54, 1.807) is 27.7 Å². The fourth-order valence-corrected chi connectivity index (χ4v) is 16.8. The van der Waals surface area contributed by atoms with Crippen LogP contribution < -0.4 is 25.4 Å². The number of aliphatic hydroxyl groups is 3. The molecule has 2 aromatic rings. The lowest BCUT2D eigenvalue weighted by molar-refractivity contribution is -0.888. The zero-order valence-corrected chi connectivity index (χ0v) is 40.2. The Balaban J connectivity index is 0.942. The predicted octanol–water partition coefficient (Wildman–Crippen LogP) is 6.46. The van der Waals surface area contributed by atoms with Crippen LogP contribution in [0.5, 0.6) is 17.2 Å². The van der Waals surface area contributed by atoms with Crippen molar-refractivity contribution in [2.24, 2.45) is 39.8 Å². The molecule has 8 N–H and O–H groups in total. The molecule has 356 valence electrons. The zero-order chi connectivity index (χ0) is 46.3. The normalized spacial score (nSPS) is 34.3. The first-order valence-electron chi connectivity index (χ1n) is 25.3. The van der Waals surface area contributed by atoms with Gasteiger partial charge in [0.15, 0.2) is 11.5 Å². The van der Waals surface area contributed by atoms with Crippen molar-refractivity contribution in [1.82, 2.24) is 5.32 Å². The second kappa shape index (κ2) is 18.0. The molecule has 0 aromatic heterocycles. The van der Waals surface area contributed by atoms with Crippen LogP contribution in [0.15, 0.2) is 58.9 Å². The molecule has 11 atom stereocenters. The topological polar surface area (TPSA) is 171 Å². The van der Waals surface area contributed by atoms with E-state index >= 15 is 0 Å².